The molecule has 2 aliphatic rings. The van der Waals surface area contributed by atoms with Gasteiger partial charge >= 0.3 is 0 Å². The second-order valence-corrected chi connectivity index (χ2v) is 5.96. The number of para-hydroxylation sites is 2. The van der Waals surface area contributed by atoms with E-state index in [1.165, 1.54) is 0 Å². The minimum atomic E-state index is 0.746. The summed E-state index contributed by atoms with van der Waals surface area (Å²) < 4.78 is 0. The van der Waals surface area contributed by atoms with E-state index in [1.54, 1.807) is 0 Å². The molecule has 0 radical (unpaired) electrons. The van der Waals surface area contributed by atoms with Crippen LogP contribution in [0.4, 0.5) is 5.82 Å². The van der Waals surface area contributed by atoms with Gasteiger partial charge in [0.05, 0.1) is 16.7 Å². The maximum atomic E-state index is 4.84. The first-order chi connectivity index (χ1) is 10.3. The summed E-state index contributed by atoms with van der Waals surface area (Å²) in [5, 5.41) is 3.35. The average Bonchev–Trinajstić information content (AvgIpc) is 2.46. The number of nitrogens with zero attached hydrogens (tertiary/aromatic N) is 4. The van der Waals surface area contributed by atoms with Gasteiger partial charge in [-0.25, -0.2) is 9.97 Å². The van der Waals surface area contributed by atoms with Crippen molar-refractivity contribution >= 4 is 16.9 Å². The van der Waals surface area contributed by atoms with Gasteiger partial charge in [-0.3, -0.25) is 4.90 Å². The average molecular weight is 283 g/mol. The zero-order valence-corrected chi connectivity index (χ0v) is 12.4. The van der Waals surface area contributed by atoms with Crippen LogP contribution in [0.1, 0.15) is 5.69 Å². The van der Waals surface area contributed by atoms with Crippen molar-refractivity contribution < 1.29 is 0 Å². The molecule has 3 heterocycles. The van der Waals surface area contributed by atoms with Crippen LogP contribution < -0.4 is 10.2 Å². The Labute approximate surface area is 125 Å². The third-order valence-corrected chi connectivity index (χ3v) is 4.61. The third kappa shape index (κ3) is 2.36. The monoisotopic (exact) mass is 283 g/mol. The van der Waals surface area contributed by atoms with Crippen molar-refractivity contribution in [3.8, 4) is 0 Å². The van der Waals surface area contributed by atoms with Crippen molar-refractivity contribution in [3.05, 3.63) is 30.0 Å². The number of rotatable bonds is 2. The number of anilines is 1. The molecule has 0 aliphatic carbocycles. The lowest BCUT2D eigenvalue weighted by atomic mass is 10.1. The Morgan fingerprint density at radius 3 is 2.29 bits per heavy atom. The standard InChI is InChI=1S/C16H21N5/c1-12-16(19-15-5-3-2-4-14(15)18-12)21-8-6-20(7-9-21)13-10-17-11-13/h2-5,13,17H,6-11H2,1H3. The number of aryl methyl sites for hydroxylation is 1. The van der Waals surface area contributed by atoms with Gasteiger partial charge < -0.3 is 10.2 Å². The van der Waals surface area contributed by atoms with Crippen LogP contribution in [0.5, 0.6) is 0 Å². The molecule has 2 fully saturated rings. The van der Waals surface area contributed by atoms with Gasteiger partial charge in [-0.15, -0.1) is 0 Å². The number of fused-ring (bicyclic) bond motifs is 1. The minimum absolute atomic E-state index is 0.746. The van der Waals surface area contributed by atoms with Crippen LogP contribution in [0, 0.1) is 6.92 Å². The Morgan fingerprint density at radius 2 is 1.67 bits per heavy atom. The SMILES string of the molecule is Cc1nc2ccccc2nc1N1CCN(C2CNC2)CC1. The largest absolute Gasteiger partial charge is 0.353 e. The van der Waals surface area contributed by atoms with Gasteiger partial charge in [-0.2, -0.15) is 0 Å². The summed E-state index contributed by atoms with van der Waals surface area (Å²) in [5.74, 6) is 1.06. The van der Waals surface area contributed by atoms with Gasteiger partial charge in [-0.05, 0) is 19.1 Å². The second kappa shape index (κ2) is 5.24. The van der Waals surface area contributed by atoms with Gasteiger partial charge in [0.15, 0.2) is 5.82 Å². The molecule has 1 aromatic heterocycles. The molecule has 1 aromatic carbocycles. The minimum Gasteiger partial charge on any atom is -0.353 e. The van der Waals surface area contributed by atoms with Crippen molar-refractivity contribution in [3.63, 3.8) is 0 Å². The molecule has 110 valence electrons. The molecule has 5 heteroatoms. The van der Waals surface area contributed by atoms with Crippen LogP contribution in [-0.4, -0.2) is 60.2 Å². The highest BCUT2D eigenvalue weighted by Gasteiger charge is 2.28. The highest BCUT2D eigenvalue weighted by Crippen LogP contribution is 2.22. The van der Waals surface area contributed by atoms with Crippen molar-refractivity contribution in [1.82, 2.24) is 20.2 Å². The predicted octanol–water partition coefficient (Wildman–Crippen LogP) is 1.03. The molecule has 2 saturated heterocycles. The van der Waals surface area contributed by atoms with Crippen molar-refractivity contribution in [2.24, 2.45) is 0 Å². The predicted molar refractivity (Wildman–Crippen MR) is 84.7 cm³/mol. The van der Waals surface area contributed by atoms with Gasteiger partial charge in [0.2, 0.25) is 0 Å². The fourth-order valence-electron chi connectivity index (χ4n) is 3.21. The lowest BCUT2D eigenvalue weighted by Gasteiger charge is -2.43. The molecule has 5 nitrogen and oxygen atoms in total. The second-order valence-electron chi connectivity index (χ2n) is 5.96. The number of piperazine rings is 1. The fourth-order valence-corrected chi connectivity index (χ4v) is 3.21. The number of hydrogen-bond acceptors (Lipinski definition) is 5. The van der Waals surface area contributed by atoms with E-state index in [0.717, 1.165) is 67.9 Å². The summed E-state index contributed by atoms with van der Waals surface area (Å²) in [4.78, 5) is 14.5. The summed E-state index contributed by atoms with van der Waals surface area (Å²) >= 11 is 0. The molecular weight excluding hydrogens is 262 g/mol. The fraction of sp³-hybridized carbons (Fsp3) is 0.500. The van der Waals surface area contributed by atoms with Gasteiger partial charge in [-0.1, -0.05) is 12.1 Å². The van der Waals surface area contributed by atoms with E-state index >= 15 is 0 Å². The van der Waals surface area contributed by atoms with E-state index in [0.29, 0.717) is 0 Å². The van der Waals surface area contributed by atoms with Gasteiger partial charge in [0.25, 0.3) is 0 Å². The Hall–Kier alpha value is -1.72. The van der Waals surface area contributed by atoms with E-state index in [4.69, 9.17) is 9.97 Å². The molecule has 1 N–H and O–H groups in total. The molecule has 0 saturated carbocycles. The molecular formula is C16H21N5. The van der Waals surface area contributed by atoms with E-state index in [9.17, 15) is 0 Å². The zero-order valence-electron chi connectivity index (χ0n) is 12.4. The number of nitrogens with one attached hydrogen (secondary N) is 1. The van der Waals surface area contributed by atoms with Crippen molar-refractivity contribution in [2.75, 3.05) is 44.2 Å². The van der Waals surface area contributed by atoms with Crippen LogP contribution in [0.15, 0.2) is 24.3 Å². The molecule has 0 amide bonds. The van der Waals surface area contributed by atoms with Crippen LogP contribution >= 0.6 is 0 Å². The summed E-state index contributed by atoms with van der Waals surface area (Å²) in [7, 11) is 0. The molecule has 2 aromatic rings. The van der Waals surface area contributed by atoms with Crippen LogP contribution in [-0.2, 0) is 0 Å². The van der Waals surface area contributed by atoms with Crippen LogP contribution in [0.2, 0.25) is 0 Å². The molecule has 21 heavy (non-hydrogen) atoms. The maximum Gasteiger partial charge on any atom is 0.150 e. The number of benzene rings is 1. The quantitative estimate of drug-likeness (QED) is 0.892. The van der Waals surface area contributed by atoms with Crippen LogP contribution in [0.3, 0.4) is 0 Å². The smallest absolute Gasteiger partial charge is 0.150 e. The van der Waals surface area contributed by atoms with Gasteiger partial charge in [0.1, 0.15) is 0 Å². The highest BCUT2D eigenvalue weighted by atomic mass is 15.3. The molecule has 0 unspecified atom stereocenters. The number of hydrogen-bond donors (Lipinski definition) is 1. The molecule has 0 spiro atoms. The first-order valence-electron chi connectivity index (χ1n) is 7.74. The summed E-state index contributed by atoms with van der Waals surface area (Å²) in [6.07, 6.45) is 0. The van der Waals surface area contributed by atoms with E-state index in [-0.39, 0.29) is 0 Å². The van der Waals surface area contributed by atoms with E-state index in [2.05, 4.69) is 22.0 Å². The van der Waals surface area contributed by atoms with Gasteiger partial charge in [0, 0.05) is 45.3 Å². The topological polar surface area (TPSA) is 44.3 Å². The number of aromatic nitrogens is 2. The van der Waals surface area contributed by atoms with Crippen LogP contribution in [0.25, 0.3) is 11.0 Å². The Bertz CT molecular complexity index is 644. The molecule has 4 rings (SSSR count). The van der Waals surface area contributed by atoms with E-state index < -0.39 is 0 Å². The first kappa shape index (κ1) is 13.0. The molecule has 0 bridgehead atoms. The Morgan fingerprint density at radius 1 is 1.00 bits per heavy atom. The van der Waals surface area contributed by atoms with Crippen molar-refractivity contribution in [1.29, 1.82) is 0 Å². The Kier molecular flexibility index (Phi) is 3.24. The summed E-state index contributed by atoms with van der Waals surface area (Å²) in [6.45, 7) is 8.70. The summed E-state index contributed by atoms with van der Waals surface area (Å²) in [6, 6.07) is 8.86. The van der Waals surface area contributed by atoms with E-state index in [1.807, 2.05) is 24.3 Å². The summed E-state index contributed by atoms with van der Waals surface area (Å²) in [5.41, 5.74) is 3.01. The lowest BCUT2D eigenvalue weighted by molar-refractivity contribution is 0.137. The maximum absolute atomic E-state index is 4.84. The highest BCUT2D eigenvalue weighted by molar-refractivity contribution is 5.76. The molecule has 2 aliphatic heterocycles. The van der Waals surface area contributed by atoms with Crippen molar-refractivity contribution in [2.45, 2.75) is 13.0 Å². The molecule has 0 atom stereocenters. The third-order valence-electron chi connectivity index (χ3n) is 4.61. The normalized spacial score (nSPS) is 20.7. The Balaban J connectivity index is 1.55. The zero-order chi connectivity index (χ0) is 14.2. The lowest BCUT2D eigenvalue weighted by Crippen LogP contribution is -2.61. The first-order valence-corrected chi connectivity index (χ1v) is 7.74.